The highest BCUT2D eigenvalue weighted by Gasteiger charge is 2.29. The summed E-state index contributed by atoms with van der Waals surface area (Å²) in [4.78, 5) is 15.7. The van der Waals surface area contributed by atoms with Crippen molar-refractivity contribution in [3.8, 4) is 17.6 Å². The number of rotatable bonds is 3. The van der Waals surface area contributed by atoms with Gasteiger partial charge in [-0.1, -0.05) is 30.0 Å². The molecule has 0 saturated heterocycles. The molecule has 1 fully saturated rings. The Bertz CT molecular complexity index is 832. The zero-order chi connectivity index (χ0) is 17.9. The van der Waals surface area contributed by atoms with Crippen LogP contribution in [0.1, 0.15) is 31.0 Å². The lowest BCUT2D eigenvalue weighted by Crippen LogP contribution is -2.18. The summed E-state index contributed by atoms with van der Waals surface area (Å²) in [6.07, 6.45) is 2.41. The molecule has 2 aromatic rings. The van der Waals surface area contributed by atoms with Gasteiger partial charge in [0.05, 0.1) is 17.4 Å². The Hall–Kier alpha value is -2.94. The van der Waals surface area contributed by atoms with Crippen LogP contribution in [0.4, 0.5) is 19.3 Å². The molecule has 0 unspecified atom stereocenters. The molecule has 0 bridgehead atoms. The molecular formula is C19H16F2N2O2. The maximum Gasteiger partial charge on any atom is 0.417 e. The number of anilines is 1. The van der Waals surface area contributed by atoms with E-state index >= 15 is 0 Å². The number of pyridine rings is 1. The van der Waals surface area contributed by atoms with Crippen LogP contribution < -0.4 is 10.1 Å². The molecular weight excluding hydrogens is 326 g/mol. The zero-order valence-electron chi connectivity index (χ0n) is 13.6. The Labute approximate surface area is 144 Å². The fourth-order valence-corrected chi connectivity index (χ4v) is 2.12. The molecule has 3 rings (SSSR count). The van der Waals surface area contributed by atoms with Crippen molar-refractivity contribution in [2.24, 2.45) is 5.92 Å². The van der Waals surface area contributed by atoms with Crippen LogP contribution in [-0.2, 0) is 5.92 Å². The summed E-state index contributed by atoms with van der Waals surface area (Å²) in [7, 11) is 0. The number of alkyl halides is 2. The number of ether oxygens (including phenoxy) is 1. The average Bonchev–Trinajstić information content (AvgIpc) is 3.37. The largest absolute Gasteiger partial charge is 0.417 e. The molecule has 128 valence electrons. The SMILES string of the molecule is CC(F)(F)c1ncc(NC(=O)Oc2ccccc2)cc1C#CC1CC1. The summed E-state index contributed by atoms with van der Waals surface area (Å²) in [6, 6.07) is 9.91. The van der Waals surface area contributed by atoms with Crippen molar-refractivity contribution in [1.82, 2.24) is 4.98 Å². The average molecular weight is 342 g/mol. The Morgan fingerprint density at radius 1 is 1.32 bits per heavy atom. The van der Waals surface area contributed by atoms with E-state index in [0.29, 0.717) is 5.75 Å². The molecule has 0 aliphatic heterocycles. The number of nitrogens with one attached hydrogen (secondary N) is 1. The predicted octanol–water partition coefficient (Wildman–Crippen LogP) is 4.57. The minimum Gasteiger partial charge on any atom is -0.410 e. The van der Waals surface area contributed by atoms with Crippen molar-refractivity contribution in [1.29, 1.82) is 0 Å². The van der Waals surface area contributed by atoms with Crippen LogP contribution >= 0.6 is 0 Å². The highest BCUT2D eigenvalue weighted by molar-refractivity contribution is 5.86. The van der Waals surface area contributed by atoms with Crippen molar-refractivity contribution in [3.05, 3.63) is 53.9 Å². The standard InChI is InChI=1S/C19H16F2N2O2/c1-19(20,21)17-14(10-9-13-7-8-13)11-15(12-22-17)23-18(24)25-16-5-3-2-4-6-16/h2-6,11-13H,7-8H2,1H3,(H,23,24). The van der Waals surface area contributed by atoms with E-state index in [0.717, 1.165) is 19.8 Å². The molecule has 1 N–H and O–H groups in total. The summed E-state index contributed by atoms with van der Waals surface area (Å²) in [5.41, 5.74) is -0.0476. The van der Waals surface area contributed by atoms with Crippen LogP contribution in [0.2, 0.25) is 0 Å². The van der Waals surface area contributed by atoms with Gasteiger partial charge in [-0.05, 0) is 31.0 Å². The number of aromatic nitrogens is 1. The van der Waals surface area contributed by atoms with E-state index in [1.165, 1.54) is 12.3 Å². The first-order chi connectivity index (χ1) is 11.9. The summed E-state index contributed by atoms with van der Waals surface area (Å²) in [6.45, 7) is 0.772. The Balaban J connectivity index is 1.78. The second kappa shape index (κ2) is 6.89. The van der Waals surface area contributed by atoms with Gasteiger partial charge in [-0.3, -0.25) is 10.3 Å². The van der Waals surface area contributed by atoms with Crippen molar-refractivity contribution in [2.45, 2.75) is 25.7 Å². The predicted molar refractivity (Wildman–Crippen MR) is 89.5 cm³/mol. The summed E-state index contributed by atoms with van der Waals surface area (Å²) in [5.74, 6) is 3.22. The number of carbonyl (C=O) groups excluding carboxylic acids is 1. The van der Waals surface area contributed by atoms with Gasteiger partial charge in [0.2, 0.25) is 0 Å². The molecule has 0 atom stereocenters. The first kappa shape index (κ1) is 16.9. The number of carbonyl (C=O) groups is 1. The summed E-state index contributed by atoms with van der Waals surface area (Å²) < 4.78 is 32.5. The van der Waals surface area contributed by atoms with Crippen molar-refractivity contribution in [3.63, 3.8) is 0 Å². The Morgan fingerprint density at radius 3 is 2.68 bits per heavy atom. The smallest absolute Gasteiger partial charge is 0.410 e. The number of amides is 1. The topological polar surface area (TPSA) is 51.2 Å². The van der Waals surface area contributed by atoms with E-state index in [9.17, 15) is 13.6 Å². The van der Waals surface area contributed by atoms with Gasteiger partial charge in [-0.2, -0.15) is 8.78 Å². The van der Waals surface area contributed by atoms with Crippen LogP contribution in [-0.4, -0.2) is 11.1 Å². The second-order valence-corrected chi connectivity index (χ2v) is 5.88. The highest BCUT2D eigenvalue weighted by Crippen LogP contribution is 2.31. The lowest BCUT2D eigenvalue weighted by Gasteiger charge is -2.13. The maximum atomic E-state index is 13.7. The number of para-hydroxylation sites is 1. The molecule has 1 aromatic heterocycles. The molecule has 6 heteroatoms. The van der Waals surface area contributed by atoms with E-state index in [1.54, 1.807) is 30.3 Å². The highest BCUT2D eigenvalue weighted by atomic mass is 19.3. The molecule has 1 aliphatic rings. The zero-order valence-corrected chi connectivity index (χ0v) is 13.6. The summed E-state index contributed by atoms with van der Waals surface area (Å²) >= 11 is 0. The van der Waals surface area contributed by atoms with Crippen LogP contribution in [0.3, 0.4) is 0 Å². The first-order valence-corrected chi connectivity index (χ1v) is 7.85. The van der Waals surface area contributed by atoms with Crippen LogP contribution in [0.15, 0.2) is 42.6 Å². The molecule has 1 heterocycles. The molecule has 1 aliphatic carbocycles. The van der Waals surface area contributed by atoms with Crippen LogP contribution in [0, 0.1) is 17.8 Å². The van der Waals surface area contributed by atoms with E-state index in [-0.39, 0.29) is 17.2 Å². The fraction of sp³-hybridized carbons (Fsp3) is 0.263. The van der Waals surface area contributed by atoms with Gasteiger partial charge in [0.15, 0.2) is 0 Å². The second-order valence-electron chi connectivity index (χ2n) is 5.88. The van der Waals surface area contributed by atoms with E-state index in [1.807, 2.05) is 0 Å². The number of benzene rings is 1. The molecule has 1 saturated carbocycles. The van der Waals surface area contributed by atoms with Gasteiger partial charge in [0.1, 0.15) is 11.4 Å². The molecule has 1 amide bonds. The van der Waals surface area contributed by atoms with Gasteiger partial charge in [-0.15, -0.1) is 0 Å². The van der Waals surface area contributed by atoms with Gasteiger partial charge >= 0.3 is 6.09 Å². The number of hydrogen-bond acceptors (Lipinski definition) is 3. The van der Waals surface area contributed by atoms with Crippen molar-refractivity contribution in [2.75, 3.05) is 5.32 Å². The monoisotopic (exact) mass is 342 g/mol. The lowest BCUT2D eigenvalue weighted by molar-refractivity contribution is 0.0125. The van der Waals surface area contributed by atoms with E-state index < -0.39 is 17.7 Å². The van der Waals surface area contributed by atoms with Crippen LogP contribution in [0.5, 0.6) is 5.75 Å². The molecule has 25 heavy (non-hydrogen) atoms. The number of hydrogen-bond donors (Lipinski definition) is 1. The fourth-order valence-electron chi connectivity index (χ4n) is 2.12. The normalized spacial score (nSPS) is 13.6. The van der Waals surface area contributed by atoms with E-state index in [2.05, 4.69) is 22.1 Å². The van der Waals surface area contributed by atoms with Crippen LogP contribution in [0.25, 0.3) is 0 Å². The Morgan fingerprint density at radius 2 is 2.04 bits per heavy atom. The minimum atomic E-state index is -3.11. The van der Waals surface area contributed by atoms with Gasteiger partial charge < -0.3 is 4.74 Å². The third-order valence-corrected chi connectivity index (χ3v) is 3.49. The maximum absolute atomic E-state index is 13.7. The quantitative estimate of drug-likeness (QED) is 0.832. The number of halogens is 2. The number of nitrogens with zero attached hydrogens (tertiary/aromatic N) is 1. The van der Waals surface area contributed by atoms with Gasteiger partial charge in [0, 0.05) is 12.8 Å². The molecule has 4 nitrogen and oxygen atoms in total. The van der Waals surface area contributed by atoms with Crippen molar-refractivity contribution >= 4 is 11.8 Å². The molecule has 1 aromatic carbocycles. The van der Waals surface area contributed by atoms with Gasteiger partial charge in [0.25, 0.3) is 5.92 Å². The third kappa shape index (κ3) is 4.77. The van der Waals surface area contributed by atoms with Gasteiger partial charge in [-0.25, -0.2) is 4.79 Å². The first-order valence-electron chi connectivity index (χ1n) is 7.85. The third-order valence-electron chi connectivity index (χ3n) is 3.49. The molecule has 0 radical (unpaired) electrons. The lowest BCUT2D eigenvalue weighted by atomic mass is 10.1. The van der Waals surface area contributed by atoms with Crippen molar-refractivity contribution < 1.29 is 18.3 Å². The summed E-state index contributed by atoms with van der Waals surface area (Å²) in [5, 5.41) is 2.48. The minimum absolute atomic E-state index is 0.108. The molecule has 0 spiro atoms. The van der Waals surface area contributed by atoms with E-state index in [4.69, 9.17) is 4.74 Å². The Kier molecular flexibility index (Phi) is 4.66.